The molecule has 6 rings (SSSR count). The third kappa shape index (κ3) is 3.77. The number of fused-ring (bicyclic) bond motifs is 3. The number of imidazole rings is 1. The van der Waals surface area contributed by atoms with Crippen molar-refractivity contribution in [2.75, 3.05) is 17.2 Å². The molecule has 160 valence electrons. The molecule has 3 aromatic carbocycles. The van der Waals surface area contributed by atoms with Gasteiger partial charge in [0.05, 0.1) is 17.4 Å². The van der Waals surface area contributed by atoms with Crippen molar-refractivity contribution in [3.05, 3.63) is 87.5 Å². The maximum absolute atomic E-state index is 6.34. The number of aromatic nitrogens is 2. The quantitative estimate of drug-likeness (QED) is 0.268. The Labute approximate surface area is 204 Å². The Bertz CT molecular complexity index is 1440. The van der Waals surface area contributed by atoms with Gasteiger partial charge in [0, 0.05) is 50.1 Å². The lowest BCUT2D eigenvalue weighted by Crippen LogP contribution is -2.28. The predicted molar refractivity (Wildman–Crippen MR) is 139 cm³/mol. The third-order valence-electron chi connectivity index (χ3n) is 6.04. The average molecular weight is 496 g/mol. The van der Waals surface area contributed by atoms with Crippen molar-refractivity contribution < 1.29 is 0 Å². The number of thiophene rings is 1. The number of hydrogen-bond donors (Lipinski definition) is 1. The molecule has 0 aliphatic carbocycles. The number of rotatable bonds is 5. The van der Waals surface area contributed by atoms with E-state index < -0.39 is 0 Å². The zero-order valence-corrected chi connectivity index (χ0v) is 20.2. The highest BCUT2D eigenvalue weighted by atomic mass is 35.5. The largest absolute Gasteiger partial charge is 0.366 e. The van der Waals surface area contributed by atoms with Gasteiger partial charge in [-0.2, -0.15) is 0 Å². The highest BCUT2D eigenvalue weighted by molar-refractivity contribution is 7.99. The number of thioether (sulfide) groups is 1. The number of aromatic amines is 1. The molecule has 0 fully saturated rings. The van der Waals surface area contributed by atoms with E-state index in [1.807, 2.05) is 23.9 Å². The van der Waals surface area contributed by atoms with E-state index in [1.165, 1.54) is 31.8 Å². The van der Waals surface area contributed by atoms with Crippen LogP contribution in [0.2, 0.25) is 10.0 Å². The Kier molecular flexibility index (Phi) is 5.30. The van der Waals surface area contributed by atoms with Crippen LogP contribution in [-0.4, -0.2) is 22.3 Å². The van der Waals surface area contributed by atoms with Crippen LogP contribution in [0.3, 0.4) is 0 Å². The molecule has 0 saturated heterocycles. The van der Waals surface area contributed by atoms with E-state index >= 15 is 0 Å². The summed E-state index contributed by atoms with van der Waals surface area (Å²) in [6.45, 7) is 1.72. The average Bonchev–Trinajstić information content (AvgIpc) is 3.52. The van der Waals surface area contributed by atoms with Gasteiger partial charge in [0.15, 0.2) is 0 Å². The maximum atomic E-state index is 6.34. The van der Waals surface area contributed by atoms with E-state index in [0.717, 1.165) is 39.9 Å². The Hall–Kier alpha value is -2.18. The van der Waals surface area contributed by atoms with Crippen LogP contribution in [0.4, 0.5) is 5.69 Å². The normalized spacial score (nSPS) is 15.5. The lowest BCUT2D eigenvalue weighted by molar-refractivity contribution is 0.698. The molecular formula is C25H19Cl2N3S2. The van der Waals surface area contributed by atoms with Crippen LogP contribution in [0.5, 0.6) is 0 Å². The fourth-order valence-electron chi connectivity index (χ4n) is 4.43. The van der Waals surface area contributed by atoms with Gasteiger partial charge < -0.3 is 9.88 Å². The van der Waals surface area contributed by atoms with Crippen molar-refractivity contribution in [2.45, 2.75) is 17.4 Å². The van der Waals surface area contributed by atoms with Gasteiger partial charge in [-0.05, 0) is 76.5 Å². The number of nitrogens with zero attached hydrogens (tertiary/aromatic N) is 2. The van der Waals surface area contributed by atoms with Crippen LogP contribution in [0.1, 0.15) is 17.0 Å². The van der Waals surface area contributed by atoms with Gasteiger partial charge in [0.1, 0.15) is 0 Å². The summed E-state index contributed by atoms with van der Waals surface area (Å²) in [6, 6.07) is 18.9. The minimum absolute atomic E-state index is 0.414. The van der Waals surface area contributed by atoms with Gasteiger partial charge in [0.25, 0.3) is 0 Å². The Morgan fingerprint density at radius 3 is 2.84 bits per heavy atom. The summed E-state index contributed by atoms with van der Waals surface area (Å²) in [4.78, 5) is 11.5. The number of benzene rings is 3. The first-order chi connectivity index (χ1) is 15.6. The van der Waals surface area contributed by atoms with E-state index in [0.29, 0.717) is 5.92 Å². The Morgan fingerprint density at radius 2 is 1.91 bits per heavy atom. The van der Waals surface area contributed by atoms with Gasteiger partial charge in [-0.1, -0.05) is 23.2 Å². The van der Waals surface area contributed by atoms with Crippen LogP contribution < -0.4 is 4.90 Å². The molecule has 3 nitrogen and oxygen atoms in total. The number of H-pyrrole nitrogens is 1. The van der Waals surface area contributed by atoms with Gasteiger partial charge in [-0.15, -0.1) is 23.1 Å². The SMILES string of the molecule is Clc1ccc2c(c1)C(CN(Cc1csc3ccc(Cl)cc13)c1ccc3[nH]cnc3c1)CS2. The van der Waals surface area contributed by atoms with Gasteiger partial charge in [0.2, 0.25) is 0 Å². The van der Waals surface area contributed by atoms with E-state index in [1.54, 1.807) is 17.7 Å². The Balaban J connectivity index is 1.39. The van der Waals surface area contributed by atoms with E-state index in [9.17, 15) is 0 Å². The first-order valence-electron chi connectivity index (χ1n) is 10.4. The molecule has 2 aromatic heterocycles. The second-order valence-electron chi connectivity index (χ2n) is 8.08. The fourth-order valence-corrected chi connectivity index (χ4v) is 6.94. The molecule has 0 bridgehead atoms. The minimum atomic E-state index is 0.414. The molecule has 0 saturated carbocycles. The van der Waals surface area contributed by atoms with Crippen molar-refractivity contribution >= 4 is 73.1 Å². The maximum Gasteiger partial charge on any atom is 0.0931 e. The van der Waals surface area contributed by atoms with Crippen LogP contribution >= 0.6 is 46.3 Å². The molecule has 1 atom stereocenters. The van der Waals surface area contributed by atoms with E-state index in [-0.39, 0.29) is 0 Å². The van der Waals surface area contributed by atoms with Crippen molar-refractivity contribution in [3.8, 4) is 0 Å². The number of halogens is 2. The first-order valence-corrected chi connectivity index (χ1v) is 13.0. The molecule has 0 spiro atoms. The summed E-state index contributed by atoms with van der Waals surface area (Å²) in [5.41, 5.74) is 5.86. The summed E-state index contributed by atoms with van der Waals surface area (Å²) < 4.78 is 1.26. The fraction of sp³-hybridized carbons (Fsp3) is 0.160. The Morgan fingerprint density at radius 1 is 1.03 bits per heavy atom. The van der Waals surface area contributed by atoms with Crippen LogP contribution in [0.25, 0.3) is 21.1 Å². The summed E-state index contributed by atoms with van der Waals surface area (Å²) in [6.07, 6.45) is 1.75. The lowest BCUT2D eigenvalue weighted by Gasteiger charge is -2.28. The zero-order chi connectivity index (χ0) is 21.7. The summed E-state index contributed by atoms with van der Waals surface area (Å²) in [5, 5.41) is 5.07. The molecule has 1 unspecified atom stereocenters. The summed E-state index contributed by atoms with van der Waals surface area (Å²) in [7, 11) is 0. The van der Waals surface area contributed by atoms with Crippen molar-refractivity contribution in [3.63, 3.8) is 0 Å². The van der Waals surface area contributed by atoms with Gasteiger partial charge in [-0.25, -0.2) is 4.98 Å². The number of anilines is 1. The van der Waals surface area contributed by atoms with Crippen molar-refractivity contribution in [1.29, 1.82) is 0 Å². The molecule has 1 N–H and O–H groups in total. The molecule has 0 amide bonds. The van der Waals surface area contributed by atoms with E-state index in [2.05, 4.69) is 62.7 Å². The highest BCUT2D eigenvalue weighted by Crippen LogP contribution is 2.42. The minimum Gasteiger partial charge on any atom is -0.366 e. The van der Waals surface area contributed by atoms with Crippen LogP contribution in [0.15, 0.2) is 71.2 Å². The first kappa shape index (κ1) is 20.4. The topological polar surface area (TPSA) is 31.9 Å². The lowest BCUT2D eigenvalue weighted by atomic mass is 10.00. The van der Waals surface area contributed by atoms with Crippen molar-refractivity contribution in [1.82, 2.24) is 9.97 Å². The smallest absolute Gasteiger partial charge is 0.0931 e. The summed E-state index contributed by atoms with van der Waals surface area (Å²) >= 11 is 16.4. The second kappa shape index (κ2) is 8.31. The standard InChI is InChI=1S/C25H19Cl2N3S2/c26-17-1-5-24-20(7-17)15(12-31-24)10-30(19-3-4-22-23(9-19)29-14-28-22)11-16-13-32-25-6-2-18(27)8-21(16)25/h1-9,12,14,16H,10-11,13H2,(H,28,29). The monoisotopic (exact) mass is 495 g/mol. The molecular weight excluding hydrogens is 477 g/mol. The predicted octanol–water partition coefficient (Wildman–Crippen LogP) is 7.98. The molecule has 3 heterocycles. The summed E-state index contributed by atoms with van der Waals surface area (Å²) in [5.74, 6) is 1.48. The van der Waals surface area contributed by atoms with E-state index in [4.69, 9.17) is 23.2 Å². The highest BCUT2D eigenvalue weighted by Gasteiger charge is 2.26. The molecule has 5 aromatic rings. The van der Waals surface area contributed by atoms with Crippen LogP contribution in [0, 0.1) is 0 Å². The van der Waals surface area contributed by atoms with Gasteiger partial charge in [-0.3, -0.25) is 0 Å². The molecule has 1 aliphatic heterocycles. The second-order valence-corrected chi connectivity index (χ2v) is 10.9. The van der Waals surface area contributed by atoms with Crippen molar-refractivity contribution in [2.24, 2.45) is 0 Å². The third-order valence-corrected chi connectivity index (χ3v) is 8.77. The number of nitrogens with one attached hydrogen (secondary N) is 1. The molecule has 1 aliphatic rings. The molecule has 7 heteroatoms. The molecule has 0 radical (unpaired) electrons. The number of hydrogen-bond acceptors (Lipinski definition) is 4. The van der Waals surface area contributed by atoms with Gasteiger partial charge >= 0.3 is 0 Å². The van der Waals surface area contributed by atoms with Crippen LogP contribution in [-0.2, 0) is 6.54 Å². The molecule has 32 heavy (non-hydrogen) atoms. The zero-order valence-electron chi connectivity index (χ0n) is 17.0.